The molecule has 10 nitrogen and oxygen atoms in total. The maximum atomic E-state index is 12.4. The normalized spacial score (nSPS) is 19.8. The van der Waals surface area contributed by atoms with Crippen molar-refractivity contribution in [2.24, 2.45) is 0 Å². The van der Waals surface area contributed by atoms with E-state index in [1.807, 2.05) is 6.92 Å². The minimum Gasteiger partial charge on any atom is -0.394 e. The third-order valence-corrected chi connectivity index (χ3v) is 5.64. The minimum absolute atomic E-state index is 0.231. The van der Waals surface area contributed by atoms with Gasteiger partial charge in [0.15, 0.2) is 6.29 Å². The van der Waals surface area contributed by atoms with E-state index in [2.05, 4.69) is 130 Å². The number of terminal acetylenes is 1. The molecular formula is C37H29NO9. The molecule has 1 rings (SSSR count). The highest BCUT2D eigenvalue weighted by Gasteiger charge is 2.44. The van der Waals surface area contributed by atoms with E-state index in [0.29, 0.717) is 6.42 Å². The Hall–Kier alpha value is -5.69. The van der Waals surface area contributed by atoms with Crippen LogP contribution >= 0.6 is 0 Å². The Balaban J connectivity index is 2.76. The molecule has 0 bridgehead atoms. The van der Waals surface area contributed by atoms with E-state index < -0.39 is 68.1 Å². The predicted molar refractivity (Wildman–Crippen MR) is 170 cm³/mol. The van der Waals surface area contributed by atoms with Crippen LogP contribution in [-0.2, 0) is 14.3 Å². The molecule has 0 aromatic carbocycles. The Morgan fingerprint density at radius 3 is 1.68 bits per heavy atom. The Bertz CT molecular complexity index is 1780. The molecule has 7 N–H and O–H groups in total. The largest absolute Gasteiger partial charge is 0.394 e. The number of amides is 1. The van der Waals surface area contributed by atoms with Gasteiger partial charge in [-0.15, -0.1) is 6.42 Å². The predicted octanol–water partition coefficient (Wildman–Crippen LogP) is -3.13. The zero-order valence-electron chi connectivity index (χ0n) is 25.1. The summed E-state index contributed by atoms with van der Waals surface area (Å²) in [5, 5.41) is 62.8. The number of unbranched alkanes of at least 4 members (excludes halogenated alkanes) is 1. The van der Waals surface area contributed by atoms with Gasteiger partial charge in [-0.25, -0.2) is 0 Å². The molecule has 0 saturated carbocycles. The van der Waals surface area contributed by atoms with Gasteiger partial charge in [0.25, 0.3) is 5.91 Å². The van der Waals surface area contributed by atoms with Crippen molar-refractivity contribution >= 4 is 5.91 Å². The van der Waals surface area contributed by atoms with E-state index in [1.165, 1.54) is 0 Å². The number of nitrogens with one attached hydrogen (secondary N) is 1. The van der Waals surface area contributed by atoms with Crippen LogP contribution < -0.4 is 5.32 Å². The number of hydrogen-bond acceptors (Lipinski definition) is 9. The van der Waals surface area contributed by atoms with Crippen LogP contribution in [0.15, 0.2) is 0 Å². The fourth-order valence-electron chi connectivity index (χ4n) is 3.34. The number of hydrogen-bond donors (Lipinski definition) is 7. The molecule has 1 fully saturated rings. The molecular weight excluding hydrogens is 602 g/mol. The molecule has 1 saturated heterocycles. The fourth-order valence-corrected chi connectivity index (χ4v) is 3.34. The zero-order valence-corrected chi connectivity index (χ0v) is 25.1. The first-order chi connectivity index (χ1) is 22.8. The van der Waals surface area contributed by atoms with Crippen molar-refractivity contribution in [1.29, 1.82) is 0 Å². The summed E-state index contributed by atoms with van der Waals surface area (Å²) in [6.45, 7) is 0.737. The number of carbonyl (C=O) groups excluding carboxylic acids is 1. The molecule has 8 atom stereocenters. The van der Waals surface area contributed by atoms with Gasteiger partial charge in [-0.1, -0.05) is 19.8 Å². The van der Waals surface area contributed by atoms with Crippen molar-refractivity contribution in [2.45, 2.75) is 75.1 Å². The second kappa shape index (κ2) is 24.6. The average molecular weight is 632 g/mol. The van der Waals surface area contributed by atoms with Crippen LogP contribution in [0.2, 0.25) is 0 Å². The molecule has 1 amide bonds. The van der Waals surface area contributed by atoms with Gasteiger partial charge in [0.2, 0.25) is 0 Å². The summed E-state index contributed by atoms with van der Waals surface area (Å²) in [6.07, 6.45) is -3.92. The van der Waals surface area contributed by atoms with Crippen molar-refractivity contribution in [3.63, 3.8) is 0 Å². The summed E-state index contributed by atoms with van der Waals surface area (Å²) >= 11 is 0. The van der Waals surface area contributed by atoms with Crippen LogP contribution in [0.3, 0.4) is 0 Å². The fraction of sp³-hybridized carbons (Fsp3) is 0.378. The van der Waals surface area contributed by atoms with Gasteiger partial charge in [0, 0.05) is 29.6 Å². The van der Waals surface area contributed by atoms with Crippen LogP contribution in [0, 0.1) is 131 Å². The van der Waals surface area contributed by atoms with Crippen molar-refractivity contribution in [3.8, 4) is 131 Å². The van der Waals surface area contributed by atoms with E-state index >= 15 is 0 Å². The quantitative estimate of drug-likeness (QED) is 0.123. The topological polar surface area (TPSA) is 169 Å². The molecule has 0 radical (unpaired) electrons. The van der Waals surface area contributed by atoms with E-state index in [9.17, 15) is 35.4 Å². The summed E-state index contributed by atoms with van der Waals surface area (Å²) in [5.74, 6) is 49.3. The number of rotatable bonds is 10. The first-order valence-corrected chi connectivity index (χ1v) is 13.8. The van der Waals surface area contributed by atoms with Gasteiger partial charge >= 0.3 is 0 Å². The molecule has 1 aliphatic rings. The van der Waals surface area contributed by atoms with E-state index in [1.54, 1.807) is 0 Å². The maximum Gasteiger partial charge on any atom is 0.297 e. The summed E-state index contributed by atoms with van der Waals surface area (Å²) in [6, 6.07) is -1.23. The Kier molecular flexibility index (Phi) is 20.6. The van der Waals surface area contributed by atoms with Crippen molar-refractivity contribution < 1.29 is 44.9 Å². The van der Waals surface area contributed by atoms with Gasteiger partial charge in [-0.3, -0.25) is 4.79 Å². The highest BCUT2D eigenvalue weighted by Crippen LogP contribution is 2.22. The van der Waals surface area contributed by atoms with Crippen LogP contribution in [0.5, 0.6) is 0 Å². The second-order valence-corrected chi connectivity index (χ2v) is 8.96. The SMILES string of the molecule is C#CC#CC#CC#CC#CC#CC#CC#CC#CC#CC#CC(=O)N[C@@H](COC1OC(CO)C(O)C(O)C1O)[C@H](O)[C@H](O)CCCC. The smallest absolute Gasteiger partial charge is 0.297 e. The lowest BCUT2D eigenvalue weighted by Crippen LogP contribution is -2.60. The van der Waals surface area contributed by atoms with E-state index in [-0.39, 0.29) is 6.42 Å². The summed E-state index contributed by atoms with van der Waals surface area (Å²) in [7, 11) is 0. The number of carbonyl (C=O) groups is 1. The van der Waals surface area contributed by atoms with E-state index in [4.69, 9.17) is 15.9 Å². The highest BCUT2D eigenvalue weighted by atomic mass is 16.7. The van der Waals surface area contributed by atoms with Gasteiger partial charge in [-0.05, 0) is 101 Å². The van der Waals surface area contributed by atoms with Crippen molar-refractivity contribution in [2.75, 3.05) is 13.2 Å². The number of aliphatic hydroxyl groups is 6. The molecule has 5 unspecified atom stereocenters. The van der Waals surface area contributed by atoms with Gasteiger partial charge in [-0.2, -0.15) is 0 Å². The molecule has 10 heteroatoms. The summed E-state index contributed by atoms with van der Waals surface area (Å²) in [4.78, 5) is 12.4. The Morgan fingerprint density at radius 2 is 1.23 bits per heavy atom. The van der Waals surface area contributed by atoms with Crippen molar-refractivity contribution in [3.05, 3.63) is 0 Å². The summed E-state index contributed by atoms with van der Waals surface area (Å²) in [5.41, 5.74) is 0. The molecule has 47 heavy (non-hydrogen) atoms. The van der Waals surface area contributed by atoms with Crippen LogP contribution in [0.1, 0.15) is 26.2 Å². The summed E-state index contributed by atoms with van der Waals surface area (Å²) < 4.78 is 10.7. The monoisotopic (exact) mass is 631 g/mol. The Labute approximate surface area is 275 Å². The Morgan fingerprint density at radius 1 is 0.766 bits per heavy atom. The van der Waals surface area contributed by atoms with Crippen LogP contribution in [0.4, 0.5) is 0 Å². The molecule has 0 aliphatic carbocycles. The molecule has 1 aliphatic heterocycles. The lowest BCUT2D eigenvalue weighted by molar-refractivity contribution is -0.303. The van der Waals surface area contributed by atoms with E-state index in [0.717, 1.165) is 6.42 Å². The number of aliphatic hydroxyl groups excluding tert-OH is 6. The molecule has 0 aromatic rings. The molecule has 0 aromatic heterocycles. The van der Waals surface area contributed by atoms with Gasteiger partial charge in [0.05, 0.1) is 25.4 Å². The first kappa shape index (κ1) is 39.3. The lowest BCUT2D eigenvalue weighted by atomic mass is 9.99. The van der Waals surface area contributed by atoms with Gasteiger partial charge in [0.1, 0.15) is 30.5 Å². The third kappa shape index (κ3) is 16.8. The molecule has 236 valence electrons. The third-order valence-electron chi connectivity index (χ3n) is 5.64. The minimum atomic E-state index is -1.70. The van der Waals surface area contributed by atoms with Crippen LogP contribution in [-0.4, -0.2) is 98.7 Å². The standard InChI is InChI=1S/C37H29NO9/c1-3-5-7-8-9-10-11-12-13-14-15-16-17-18-19-20-21-22-23-24-26-32(41)38-29(33(42)30(40)25-6-4-2)28-46-37-36(45)35(44)34(43)31(27-39)47-37/h1,29-31,33-37,39-40,42-45H,4,6,25,27-28H2,2H3,(H,38,41)/t29-,30+,31?,33-,34?,35?,36?,37?/m0/s1. The molecule has 1 heterocycles. The zero-order chi connectivity index (χ0) is 34.7. The maximum absolute atomic E-state index is 12.4. The number of ether oxygens (including phenoxy) is 2. The first-order valence-electron chi connectivity index (χ1n) is 13.8. The highest BCUT2D eigenvalue weighted by molar-refractivity contribution is 5.94. The second-order valence-electron chi connectivity index (χ2n) is 8.96. The van der Waals surface area contributed by atoms with Crippen molar-refractivity contribution in [1.82, 2.24) is 5.32 Å². The lowest BCUT2D eigenvalue weighted by Gasteiger charge is -2.40. The van der Waals surface area contributed by atoms with Crippen LogP contribution in [0.25, 0.3) is 0 Å². The average Bonchev–Trinajstić information content (AvgIpc) is 3.07. The molecule has 0 spiro atoms. The van der Waals surface area contributed by atoms with Gasteiger partial charge < -0.3 is 45.4 Å².